The summed E-state index contributed by atoms with van der Waals surface area (Å²) in [5, 5.41) is 13.6. The van der Waals surface area contributed by atoms with Crippen molar-refractivity contribution in [2.45, 2.75) is 57.4 Å². The number of benzene rings is 1. The number of rotatable bonds is 9. The first kappa shape index (κ1) is 24.6. The van der Waals surface area contributed by atoms with E-state index in [1.165, 1.54) is 19.1 Å². The van der Waals surface area contributed by atoms with Crippen molar-refractivity contribution >= 4 is 31.3 Å². The fourth-order valence-electron chi connectivity index (χ4n) is 3.45. The molecule has 0 spiro atoms. The van der Waals surface area contributed by atoms with Crippen molar-refractivity contribution in [2.24, 2.45) is 11.8 Å². The standard InChI is InChI=1S/C19H28N2O7S2/c1-5-17-12(2)13(3)18(20-14(4)22)19(28-17)27-10-11-29-30(25,26)16-8-6-15(7-9-16)21(23)24/h6-9,12-13,17-19H,5,10-11H2,1-4H3,(H,20,22). The Morgan fingerprint density at radius 3 is 2.43 bits per heavy atom. The lowest BCUT2D eigenvalue weighted by Crippen LogP contribution is -2.57. The second-order valence-electron chi connectivity index (χ2n) is 7.29. The highest BCUT2D eigenvalue weighted by atomic mass is 33.1. The van der Waals surface area contributed by atoms with Gasteiger partial charge in [0.25, 0.3) is 5.69 Å². The molecule has 1 aromatic carbocycles. The lowest BCUT2D eigenvalue weighted by atomic mass is 9.81. The van der Waals surface area contributed by atoms with Gasteiger partial charge in [-0.3, -0.25) is 14.9 Å². The molecule has 1 amide bonds. The number of carbonyl (C=O) groups is 1. The Kier molecular flexibility index (Phi) is 8.65. The van der Waals surface area contributed by atoms with Crippen LogP contribution in [0.2, 0.25) is 0 Å². The molecule has 0 radical (unpaired) electrons. The number of nitro groups is 1. The maximum Gasteiger partial charge on any atom is 0.269 e. The highest BCUT2D eigenvalue weighted by Crippen LogP contribution is 2.33. The first-order chi connectivity index (χ1) is 14.1. The third-order valence-corrected chi connectivity index (χ3v) is 8.80. The summed E-state index contributed by atoms with van der Waals surface area (Å²) in [6.07, 6.45) is 0.140. The van der Waals surface area contributed by atoms with E-state index in [2.05, 4.69) is 12.2 Å². The Balaban J connectivity index is 1.96. The summed E-state index contributed by atoms with van der Waals surface area (Å²) in [5.74, 6) is 0.339. The number of nitrogens with one attached hydrogen (secondary N) is 1. The molecule has 0 bridgehead atoms. The van der Waals surface area contributed by atoms with Crippen molar-refractivity contribution in [3.63, 3.8) is 0 Å². The van der Waals surface area contributed by atoms with Crippen molar-refractivity contribution in [2.75, 3.05) is 12.4 Å². The normalized spacial score (nSPS) is 26.9. The minimum Gasteiger partial charge on any atom is -0.350 e. The fourth-order valence-corrected chi connectivity index (χ4v) is 6.04. The molecule has 2 rings (SSSR count). The van der Waals surface area contributed by atoms with Gasteiger partial charge < -0.3 is 14.8 Å². The highest BCUT2D eigenvalue weighted by molar-refractivity contribution is 8.72. The molecular weight excluding hydrogens is 432 g/mol. The van der Waals surface area contributed by atoms with E-state index < -0.39 is 20.1 Å². The molecule has 168 valence electrons. The Morgan fingerprint density at radius 2 is 1.90 bits per heavy atom. The van der Waals surface area contributed by atoms with Crippen LogP contribution in [0, 0.1) is 22.0 Å². The number of nitrogens with zero attached hydrogens (tertiary/aromatic N) is 1. The molecule has 1 N–H and O–H groups in total. The van der Waals surface area contributed by atoms with Gasteiger partial charge in [-0.1, -0.05) is 20.8 Å². The Morgan fingerprint density at radius 1 is 1.27 bits per heavy atom. The number of hydrogen-bond acceptors (Lipinski definition) is 8. The van der Waals surface area contributed by atoms with Crippen molar-refractivity contribution in [1.29, 1.82) is 0 Å². The number of hydrogen-bond donors (Lipinski definition) is 1. The van der Waals surface area contributed by atoms with Crippen LogP contribution in [0.25, 0.3) is 0 Å². The summed E-state index contributed by atoms with van der Waals surface area (Å²) in [7, 11) is -2.98. The quantitative estimate of drug-likeness (QED) is 0.258. The number of carbonyl (C=O) groups excluding carboxylic acids is 1. The SMILES string of the molecule is CCC1OC(OCCSS(=O)(=O)c2ccc([N+](=O)[O-])cc2)C(NC(C)=O)C(C)C1C. The maximum absolute atomic E-state index is 12.4. The van der Waals surface area contributed by atoms with Crippen LogP contribution in [0.5, 0.6) is 0 Å². The van der Waals surface area contributed by atoms with Crippen LogP contribution < -0.4 is 5.32 Å². The number of nitro benzene ring substituents is 1. The molecule has 0 aliphatic carbocycles. The molecule has 1 fully saturated rings. The summed E-state index contributed by atoms with van der Waals surface area (Å²) in [5.41, 5.74) is -0.172. The smallest absolute Gasteiger partial charge is 0.269 e. The van der Waals surface area contributed by atoms with E-state index in [0.29, 0.717) is 10.8 Å². The molecule has 30 heavy (non-hydrogen) atoms. The second-order valence-corrected chi connectivity index (χ2v) is 11.3. The summed E-state index contributed by atoms with van der Waals surface area (Å²) >= 11 is 0. The van der Waals surface area contributed by atoms with Crippen LogP contribution in [0.15, 0.2) is 29.2 Å². The lowest BCUT2D eigenvalue weighted by molar-refractivity contribution is -0.384. The van der Waals surface area contributed by atoms with Crippen LogP contribution in [-0.4, -0.2) is 50.0 Å². The summed E-state index contributed by atoms with van der Waals surface area (Å²) in [6, 6.07) is 4.42. The molecule has 5 unspecified atom stereocenters. The zero-order valence-corrected chi connectivity index (χ0v) is 19.1. The van der Waals surface area contributed by atoms with Gasteiger partial charge in [0, 0.05) is 24.8 Å². The lowest BCUT2D eigenvalue weighted by Gasteiger charge is -2.44. The van der Waals surface area contributed by atoms with Gasteiger partial charge in [-0.25, -0.2) is 8.42 Å². The van der Waals surface area contributed by atoms with Gasteiger partial charge in [0.1, 0.15) is 0 Å². The van der Waals surface area contributed by atoms with Gasteiger partial charge in [0.15, 0.2) is 6.29 Å². The van der Waals surface area contributed by atoms with Crippen molar-refractivity contribution in [3.8, 4) is 0 Å². The Hall–Kier alpha value is -1.69. The van der Waals surface area contributed by atoms with Gasteiger partial charge in [-0.15, -0.1) is 0 Å². The molecular formula is C19H28N2O7S2. The molecule has 9 nitrogen and oxygen atoms in total. The predicted molar refractivity (Wildman–Crippen MR) is 114 cm³/mol. The molecule has 1 heterocycles. The first-order valence-electron chi connectivity index (χ1n) is 9.74. The monoisotopic (exact) mass is 460 g/mol. The molecule has 5 atom stereocenters. The zero-order chi connectivity index (χ0) is 22.5. The third-order valence-electron chi connectivity index (χ3n) is 5.30. The van der Waals surface area contributed by atoms with Crippen LogP contribution >= 0.6 is 10.8 Å². The van der Waals surface area contributed by atoms with Gasteiger partial charge in [-0.2, -0.15) is 0 Å². The molecule has 1 aliphatic rings. The fraction of sp³-hybridized carbons (Fsp3) is 0.632. The zero-order valence-electron chi connectivity index (χ0n) is 17.4. The summed E-state index contributed by atoms with van der Waals surface area (Å²) < 4.78 is 36.7. The molecule has 1 aromatic rings. The van der Waals surface area contributed by atoms with E-state index in [4.69, 9.17) is 9.47 Å². The second kappa shape index (κ2) is 10.6. The van der Waals surface area contributed by atoms with E-state index in [1.54, 1.807) is 0 Å². The average Bonchev–Trinajstić information content (AvgIpc) is 2.70. The molecule has 11 heteroatoms. The van der Waals surface area contributed by atoms with Crippen LogP contribution in [0.4, 0.5) is 5.69 Å². The predicted octanol–water partition coefficient (Wildman–Crippen LogP) is 2.95. The Bertz CT molecular complexity index is 845. The van der Waals surface area contributed by atoms with Crippen LogP contribution in [0.3, 0.4) is 0 Å². The van der Waals surface area contributed by atoms with Gasteiger partial charge in [-0.05, 0) is 41.2 Å². The first-order valence-corrected chi connectivity index (χ1v) is 12.7. The summed E-state index contributed by atoms with van der Waals surface area (Å²) in [6.45, 7) is 7.69. The van der Waals surface area contributed by atoms with Crippen molar-refractivity contribution < 1.29 is 27.6 Å². The summed E-state index contributed by atoms with van der Waals surface area (Å²) in [4.78, 5) is 21.7. The number of non-ortho nitro benzene ring substituents is 1. The van der Waals surface area contributed by atoms with E-state index >= 15 is 0 Å². The van der Waals surface area contributed by atoms with Crippen LogP contribution in [0.1, 0.15) is 34.1 Å². The third kappa shape index (κ3) is 6.16. The number of ether oxygens (including phenoxy) is 2. The van der Waals surface area contributed by atoms with Crippen molar-refractivity contribution in [1.82, 2.24) is 5.32 Å². The van der Waals surface area contributed by atoms with E-state index in [0.717, 1.165) is 18.6 Å². The van der Waals surface area contributed by atoms with E-state index in [9.17, 15) is 23.3 Å². The maximum atomic E-state index is 12.4. The Labute approximate surface area is 180 Å². The largest absolute Gasteiger partial charge is 0.350 e. The van der Waals surface area contributed by atoms with Gasteiger partial charge >= 0.3 is 0 Å². The molecule has 0 aromatic heterocycles. The van der Waals surface area contributed by atoms with Crippen molar-refractivity contribution in [3.05, 3.63) is 34.4 Å². The highest BCUT2D eigenvalue weighted by Gasteiger charge is 2.41. The van der Waals surface area contributed by atoms with Gasteiger partial charge in [0.05, 0.1) is 28.6 Å². The minimum atomic E-state index is -3.67. The topological polar surface area (TPSA) is 125 Å². The van der Waals surface area contributed by atoms with Crippen LogP contribution in [-0.2, 0) is 23.1 Å². The molecule has 1 aliphatic heterocycles. The average molecular weight is 461 g/mol. The molecule has 1 saturated heterocycles. The van der Waals surface area contributed by atoms with Gasteiger partial charge in [0.2, 0.25) is 14.8 Å². The minimum absolute atomic E-state index is 0.00312. The van der Waals surface area contributed by atoms with E-state index in [-0.39, 0.29) is 52.8 Å². The number of amides is 1. The van der Waals surface area contributed by atoms with E-state index in [1.807, 2.05) is 13.8 Å². The molecule has 0 saturated carbocycles.